The highest BCUT2D eigenvalue weighted by atomic mass is 16.1. The fourth-order valence-corrected chi connectivity index (χ4v) is 4.13. The molecule has 1 heterocycles. The Morgan fingerprint density at radius 2 is 1.06 bits per heavy atom. The molecule has 0 fully saturated rings. The van der Waals surface area contributed by atoms with E-state index in [1.807, 2.05) is 36.4 Å². The molecule has 0 saturated heterocycles. The van der Waals surface area contributed by atoms with E-state index in [0.29, 0.717) is 12.8 Å². The number of ketones is 2. The maximum atomic E-state index is 12.8. The summed E-state index contributed by atoms with van der Waals surface area (Å²) >= 11 is 0. The quantitative estimate of drug-likeness (QED) is 0.411. The summed E-state index contributed by atoms with van der Waals surface area (Å²) in [5.74, 6) is 0.323. The maximum absolute atomic E-state index is 12.8. The Balaban J connectivity index is 1.84. The monoisotopic (exact) mass is 421 g/mol. The third-order valence-corrected chi connectivity index (χ3v) is 6.34. The lowest BCUT2D eigenvalue weighted by molar-refractivity contribution is 0.0958. The van der Waals surface area contributed by atoms with Gasteiger partial charge in [0.05, 0.1) is 0 Å². The van der Waals surface area contributed by atoms with E-state index in [1.54, 1.807) is 0 Å². The van der Waals surface area contributed by atoms with Crippen molar-refractivity contribution in [2.75, 3.05) is 39.3 Å². The number of hydrogen-bond acceptors (Lipinski definition) is 4. The SMILES string of the molecule is CCN(CC)CCC(=O)c1ccc2[nH]c3ccc(C(=O)CCN(CC)CC)cc3c2c1. The van der Waals surface area contributed by atoms with Crippen LogP contribution in [0.5, 0.6) is 0 Å². The van der Waals surface area contributed by atoms with Crippen LogP contribution >= 0.6 is 0 Å². The summed E-state index contributed by atoms with van der Waals surface area (Å²) in [7, 11) is 0. The molecule has 0 saturated carbocycles. The van der Waals surface area contributed by atoms with Crippen LogP contribution in [0, 0.1) is 0 Å². The summed E-state index contributed by atoms with van der Waals surface area (Å²) in [6, 6.07) is 11.7. The first-order valence-electron chi connectivity index (χ1n) is 11.6. The molecule has 3 aromatic rings. The van der Waals surface area contributed by atoms with Crippen molar-refractivity contribution < 1.29 is 9.59 Å². The summed E-state index contributed by atoms with van der Waals surface area (Å²) in [6.07, 6.45) is 1.04. The number of aromatic amines is 1. The van der Waals surface area contributed by atoms with Gasteiger partial charge in [-0.2, -0.15) is 0 Å². The molecule has 0 unspecified atom stereocenters. The Labute approximate surface area is 185 Å². The van der Waals surface area contributed by atoms with Crippen molar-refractivity contribution in [2.45, 2.75) is 40.5 Å². The van der Waals surface area contributed by atoms with Crippen molar-refractivity contribution in [3.63, 3.8) is 0 Å². The predicted molar refractivity (Wildman–Crippen MR) is 129 cm³/mol. The Morgan fingerprint density at radius 1 is 0.677 bits per heavy atom. The Kier molecular flexibility index (Phi) is 7.99. The second-order valence-corrected chi connectivity index (χ2v) is 8.05. The van der Waals surface area contributed by atoms with E-state index in [9.17, 15) is 9.59 Å². The number of fused-ring (bicyclic) bond motifs is 3. The number of nitrogens with one attached hydrogen (secondary N) is 1. The minimum Gasteiger partial charge on any atom is -0.355 e. The molecule has 0 atom stereocenters. The fraction of sp³-hybridized carbons (Fsp3) is 0.462. The van der Waals surface area contributed by atoms with Crippen LogP contribution in [-0.4, -0.2) is 65.6 Å². The summed E-state index contributed by atoms with van der Waals surface area (Å²) in [4.78, 5) is 33.5. The number of Topliss-reactive ketones (excluding diaryl/α,β-unsaturated/α-hetero) is 2. The zero-order chi connectivity index (χ0) is 22.4. The first-order valence-corrected chi connectivity index (χ1v) is 11.6. The Morgan fingerprint density at radius 3 is 1.42 bits per heavy atom. The smallest absolute Gasteiger partial charge is 0.164 e. The van der Waals surface area contributed by atoms with Gasteiger partial charge in [0.2, 0.25) is 0 Å². The van der Waals surface area contributed by atoms with Crippen LogP contribution in [0.1, 0.15) is 61.3 Å². The number of hydrogen-bond donors (Lipinski definition) is 1. The average Bonchev–Trinajstić information content (AvgIpc) is 3.17. The van der Waals surface area contributed by atoms with Gasteiger partial charge in [0.1, 0.15) is 0 Å². The maximum Gasteiger partial charge on any atom is 0.164 e. The molecule has 5 heteroatoms. The molecule has 0 aliphatic carbocycles. The van der Waals surface area contributed by atoms with Gasteiger partial charge in [0, 0.05) is 58.9 Å². The lowest BCUT2D eigenvalue weighted by Gasteiger charge is -2.17. The summed E-state index contributed by atoms with van der Waals surface area (Å²) in [6.45, 7) is 13.9. The second kappa shape index (κ2) is 10.7. The topological polar surface area (TPSA) is 56.4 Å². The van der Waals surface area contributed by atoms with Crippen LogP contribution in [0.4, 0.5) is 0 Å². The van der Waals surface area contributed by atoms with Gasteiger partial charge in [-0.25, -0.2) is 0 Å². The molecule has 1 N–H and O–H groups in total. The van der Waals surface area contributed by atoms with Crippen LogP contribution in [0.2, 0.25) is 0 Å². The molecule has 0 radical (unpaired) electrons. The highest BCUT2D eigenvalue weighted by molar-refractivity contribution is 6.12. The van der Waals surface area contributed by atoms with E-state index in [2.05, 4.69) is 42.5 Å². The van der Waals surface area contributed by atoms with Crippen molar-refractivity contribution in [3.8, 4) is 0 Å². The highest BCUT2D eigenvalue weighted by Gasteiger charge is 2.14. The summed E-state index contributed by atoms with van der Waals surface area (Å²) in [5, 5.41) is 2.00. The van der Waals surface area contributed by atoms with E-state index < -0.39 is 0 Å². The lowest BCUT2D eigenvalue weighted by Crippen LogP contribution is -2.25. The predicted octanol–water partition coefficient (Wildman–Crippen LogP) is 5.15. The molecule has 166 valence electrons. The molecule has 2 aromatic carbocycles. The van der Waals surface area contributed by atoms with Crippen molar-refractivity contribution in [3.05, 3.63) is 47.5 Å². The molecule has 0 aliphatic rings. The molecule has 0 aliphatic heterocycles. The van der Waals surface area contributed by atoms with E-state index in [0.717, 1.165) is 72.2 Å². The van der Waals surface area contributed by atoms with Gasteiger partial charge >= 0.3 is 0 Å². The molecule has 3 rings (SSSR count). The molecule has 31 heavy (non-hydrogen) atoms. The molecule has 0 bridgehead atoms. The number of aromatic nitrogens is 1. The second-order valence-electron chi connectivity index (χ2n) is 8.05. The van der Waals surface area contributed by atoms with Crippen LogP contribution in [0.3, 0.4) is 0 Å². The number of carbonyl (C=O) groups excluding carboxylic acids is 2. The largest absolute Gasteiger partial charge is 0.355 e. The zero-order valence-corrected chi connectivity index (χ0v) is 19.3. The lowest BCUT2D eigenvalue weighted by atomic mass is 10.0. The Bertz CT molecular complexity index is 963. The minimum atomic E-state index is 0.162. The van der Waals surface area contributed by atoms with Gasteiger partial charge in [-0.1, -0.05) is 27.7 Å². The molecule has 0 spiro atoms. The molecular weight excluding hydrogens is 386 g/mol. The molecule has 1 aromatic heterocycles. The van der Waals surface area contributed by atoms with Crippen LogP contribution < -0.4 is 0 Å². The average molecular weight is 422 g/mol. The van der Waals surface area contributed by atoms with E-state index in [4.69, 9.17) is 0 Å². The standard InChI is InChI=1S/C26H35N3O2/c1-5-28(6-2)15-13-25(30)19-9-11-23-21(17-19)22-18-20(10-12-24(22)27-23)26(31)14-16-29(7-3)8-4/h9-12,17-18,27H,5-8,13-16H2,1-4H3. The van der Waals surface area contributed by atoms with Crippen LogP contribution in [-0.2, 0) is 0 Å². The first-order chi connectivity index (χ1) is 15.0. The minimum absolute atomic E-state index is 0.162. The van der Waals surface area contributed by atoms with Gasteiger partial charge in [-0.3, -0.25) is 9.59 Å². The number of carbonyl (C=O) groups is 2. The molecule has 5 nitrogen and oxygen atoms in total. The van der Waals surface area contributed by atoms with E-state index in [-0.39, 0.29) is 11.6 Å². The third kappa shape index (κ3) is 5.41. The highest BCUT2D eigenvalue weighted by Crippen LogP contribution is 2.28. The van der Waals surface area contributed by atoms with Crippen molar-refractivity contribution in [2.24, 2.45) is 0 Å². The zero-order valence-electron chi connectivity index (χ0n) is 19.3. The van der Waals surface area contributed by atoms with Gasteiger partial charge in [0.25, 0.3) is 0 Å². The number of nitrogens with zero attached hydrogens (tertiary/aromatic N) is 2. The first kappa shape index (κ1) is 23.2. The Hall–Kier alpha value is -2.50. The number of H-pyrrole nitrogens is 1. The van der Waals surface area contributed by atoms with Gasteiger partial charge in [-0.15, -0.1) is 0 Å². The summed E-state index contributed by atoms with van der Waals surface area (Å²) in [5.41, 5.74) is 3.45. The third-order valence-electron chi connectivity index (χ3n) is 6.34. The van der Waals surface area contributed by atoms with Crippen LogP contribution in [0.15, 0.2) is 36.4 Å². The van der Waals surface area contributed by atoms with Crippen molar-refractivity contribution in [1.82, 2.24) is 14.8 Å². The van der Waals surface area contributed by atoms with E-state index >= 15 is 0 Å². The summed E-state index contributed by atoms with van der Waals surface area (Å²) < 4.78 is 0. The van der Waals surface area contributed by atoms with Gasteiger partial charge < -0.3 is 14.8 Å². The van der Waals surface area contributed by atoms with Gasteiger partial charge in [-0.05, 0) is 62.6 Å². The number of benzene rings is 2. The van der Waals surface area contributed by atoms with Gasteiger partial charge in [0.15, 0.2) is 11.6 Å². The van der Waals surface area contributed by atoms with Crippen molar-refractivity contribution >= 4 is 33.4 Å². The number of rotatable bonds is 12. The molecule has 0 amide bonds. The van der Waals surface area contributed by atoms with E-state index in [1.165, 1.54) is 0 Å². The van der Waals surface area contributed by atoms with Crippen LogP contribution in [0.25, 0.3) is 21.8 Å². The van der Waals surface area contributed by atoms with Crippen molar-refractivity contribution in [1.29, 1.82) is 0 Å². The molecular formula is C26H35N3O2. The fourth-order valence-electron chi connectivity index (χ4n) is 4.13. The normalized spacial score (nSPS) is 11.8.